The van der Waals surface area contributed by atoms with Gasteiger partial charge >= 0.3 is 0 Å². The van der Waals surface area contributed by atoms with Crippen molar-refractivity contribution < 1.29 is 18.3 Å². The second-order valence-electron chi connectivity index (χ2n) is 7.24. The van der Waals surface area contributed by atoms with Crippen molar-refractivity contribution >= 4 is 32.8 Å². The van der Waals surface area contributed by atoms with Gasteiger partial charge in [-0.2, -0.15) is 4.31 Å². The van der Waals surface area contributed by atoms with Gasteiger partial charge in [0.05, 0.1) is 14.7 Å². The van der Waals surface area contributed by atoms with Crippen molar-refractivity contribution in [2.45, 2.75) is 18.7 Å². The Morgan fingerprint density at radius 1 is 0.875 bits per heavy atom. The van der Waals surface area contributed by atoms with Crippen LogP contribution in [-0.4, -0.2) is 61.8 Å². The first kappa shape index (κ1) is 23.4. The zero-order chi connectivity index (χ0) is 23.5. The molecule has 0 spiro atoms. The summed E-state index contributed by atoms with van der Waals surface area (Å²) in [5.41, 5.74) is 0.979. The summed E-state index contributed by atoms with van der Waals surface area (Å²) in [6.07, 6.45) is 0. The molecule has 1 aliphatic heterocycles. The quantitative estimate of drug-likeness (QED) is 0.431. The van der Waals surface area contributed by atoms with E-state index in [-0.39, 0.29) is 29.4 Å². The van der Waals surface area contributed by atoms with E-state index >= 15 is 0 Å². The summed E-state index contributed by atoms with van der Waals surface area (Å²) in [7, 11) is -3.80. The number of benzene rings is 2. The van der Waals surface area contributed by atoms with Crippen molar-refractivity contribution in [1.82, 2.24) is 4.31 Å². The average Bonchev–Trinajstić information content (AvgIpc) is 2.79. The van der Waals surface area contributed by atoms with Crippen LogP contribution >= 0.6 is 0 Å². The maximum absolute atomic E-state index is 12.8. The van der Waals surface area contributed by atoms with E-state index in [1.54, 1.807) is 26.0 Å². The van der Waals surface area contributed by atoms with Crippen molar-refractivity contribution in [2.24, 2.45) is 0 Å². The van der Waals surface area contributed by atoms with Gasteiger partial charge in [-0.25, -0.2) is 8.42 Å². The van der Waals surface area contributed by atoms with Crippen LogP contribution in [-0.2, 0) is 10.0 Å². The summed E-state index contributed by atoms with van der Waals surface area (Å²) in [6, 6.07) is 10.3. The number of hydrogen-bond donors (Lipinski definition) is 0. The third-order valence-electron chi connectivity index (χ3n) is 5.53. The van der Waals surface area contributed by atoms with Crippen LogP contribution < -0.4 is 9.80 Å². The standard InChI is InChI=1S/C20H25N5O6S/c1-3-23(4-2)32(30,31)18-9-10-19(20(15-18)25(28)29)22-13-11-21(12-14-22)16-5-7-17(8-6-16)24(26)27/h5-10,15H,3-4,11-14H2,1-2H3. The van der Waals surface area contributed by atoms with Gasteiger partial charge in [0.25, 0.3) is 11.4 Å². The van der Waals surface area contributed by atoms with Crippen LogP contribution in [0.3, 0.4) is 0 Å². The van der Waals surface area contributed by atoms with E-state index in [0.717, 1.165) is 11.8 Å². The number of nitrogens with zero attached hydrogens (tertiary/aromatic N) is 5. The highest BCUT2D eigenvalue weighted by atomic mass is 32.2. The minimum Gasteiger partial charge on any atom is -0.368 e. The SMILES string of the molecule is CCN(CC)S(=O)(=O)c1ccc(N2CCN(c3ccc([N+](=O)[O-])cc3)CC2)c([N+](=O)[O-])c1. The van der Waals surface area contributed by atoms with Gasteiger partial charge in [-0.05, 0) is 24.3 Å². The summed E-state index contributed by atoms with van der Waals surface area (Å²) in [6.45, 7) is 6.09. The number of non-ortho nitro benzene ring substituents is 1. The van der Waals surface area contributed by atoms with Crippen LogP contribution in [0.25, 0.3) is 0 Å². The molecule has 1 saturated heterocycles. The summed E-state index contributed by atoms with van der Waals surface area (Å²) in [4.78, 5) is 25.3. The fourth-order valence-electron chi connectivity index (χ4n) is 3.78. The molecule has 2 aromatic rings. The highest BCUT2D eigenvalue weighted by Crippen LogP contribution is 2.33. The Balaban J connectivity index is 1.80. The molecule has 1 heterocycles. The van der Waals surface area contributed by atoms with Crippen LogP contribution in [0.1, 0.15) is 13.8 Å². The lowest BCUT2D eigenvalue weighted by atomic mass is 10.2. The summed E-state index contributed by atoms with van der Waals surface area (Å²) >= 11 is 0. The largest absolute Gasteiger partial charge is 0.368 e. The average molecular weight is 464 g/mol. The van der Waals surface area contributed by atoms with Crippen molar-refractivity contribution in [1.29, 1.82) is 0 Å². The van der Waals surface area contributed by atoms with Crippen molar-refractivity contribution in [2.75, 3.05) is 49.1 Å². The monoisotopic (exact) mass is 463 g/mol. The molecular weight excluding hydrogens is 438 g/mol. The van der Waals surface area contributed by atoms with Crippen molar-refractivity contribution in [3.05, 3.63) is 62.7 Å². The van der Waals surface area contributed by atoms with Gasteiger partial charge in [-0.1, -0.05) is 13.8 Å². The molecule has 0 aliphatic carbocycles. The first-order valence-electron chi connectivity index (χ1n) is 10.2. The lowest BCUT2D eigenvalue weighted by Crippen LogP contribution is -2.46. The Bertz CT molecular complexity index is 1090. The van der Waals surface area contributed by atoms with Crippen LogP contribution in [0.15, 0.2) is 47.4 Å². The molecule has 172 valence electrons. The molecule has 0 radical (unpaired) electrons. The molecule has 0 aromatic heterocycles. The number of nitro benzene ring substituents is 2. The molecule has 0 bridgehead atoms. The van der Waals surface area contributed by atoms with E-state index in [2.05, 4.69) is 0 Å². The third kappa shape index (κ3) is 4.65. The number of piperazine rings is 1. The smallest absolute Gasteiger partial charge is 0.293 e. The van der Waals surface area contributed by atoms with Gasteiger partial charge in [0.15, 0.2) is 0 Å². The Kier molecular flexibility index (Phi) is 6.94. The van der Waals surface area contributed by atoms with Gasteiger partial charge in [-0.15, -0.1) is 0 Å². The number of anilines is 2. The zero-order valence-electron chi connectivity index (χ0n) is 17.9. The van der Waals surface area contributed by atoms with E-state index < -0.39 is 19.9 Å². The van der Waals surface area contributed by atoms with E-state index in [1.165, 1.54) is 28.6 Å². The highest BCUT2D eigenvalue weighted by Gasteiger charge is 2.29. The van der Waals surface area contributed by atoms with E-state index in [1.807, 2.05) is 9.80 Å². The van der Waals surface area contributed by atoms with Crippen LogP contribution in [0.5, 0.6) is 0 Å². The molecule has 11 nitrogen and oxygen atoms in total. The molecule has 0 amide bonds. The molecular formula is C20H25N5O6S. The van der Waals surface area contributed by atoms with Gasteiger partial charge < -0.3 is 9.80 Å². The first-order valence-corrected chi connectivity index (χ1v) is 11.7. The van der Waals surface area contributed by atoms with Gasteiger partial charge in [-0.3, -0.25) is 20.2 Å². The van der Waals surface area contributed by atoms with Gasteiger partial charge in [0.1, 0.15) is 5.69 Å². The fourth-order valence-corrected chi connectivity index (χ4v) is 5.26. The normalized spacial score (nSPS) is 14.6. The van der Waals surface area contributed by atoms with E-state index in [0.29, 0.717) is 31.9 Å². The van der Waals surface area contributed by atoms with Crippen LogP contribution in [0, 0.1) is 20.2 Å². The molecule has 1 aliphatic rings. The number of hydrogen-bond acceptors (Lipinski definition) is 8. The Hall–Kier alpha value is -3.25. The second-order valence-corrected chi connectivity index (χ2v) is 9.18. The predicted molar refractivity (Wildman–Crippen MR) is 121 cm³/mol. The third-order valence-corrected chi connectivity index (χ3v) is 7.58. The molecule has 0 atom stereocenters. The minimum atomic E-state index is -3.80. The number of sulfonamides is 1. The van der Waals surface area contributed by atoms with Crippen LogP contribution in [0.4, 0.5) is 22.7 Å². The molecule has 32 heavy (non-hydrogen) atoms. The predicted octanol–water partition coefficient (Wildman–Crippen LogP) is 2.86. The lowest BCUT2D eigenvalue weighted by molar-refractivity contribution is -0.384. The summed E-state index contributed by atoms with van der Waals surface area (Å²) in [5.74, 6) is 0. The molecule has 12 heteroatoms. The van der Waals surface area contributed by atoms with Crippen molar-refractivity contribution in [3.63, 3.8) is 0 Å². The fraction of sp³-hybridized carbons (Fsp3) is 0.400. The molecule has 0 N–H and O–H groups in total. The molecule has 2 aromatic carbocycles. The molecule has 0 unspecified atom stereocenters. The van der Waals surface area contributed by atoms with Crippen molar-refractivity contribution in [3.8, 4) is 0 Å². The molecule has 3 rings (SSSR count). The Morgan fingerprint density at radius 2 is 1.44 bits per heavy atom. The van der Waals surface area contributed by atoms with E-state index in [4.69, 9.17) is 0 Å². The number of rotatable bonds is 8. The van der Waals surface area contributed by atoms with Gasteiger partial charge in [0.2, 0.25) is 10.0 Å². The maximum atomic E-state index is 12.8. The minimum absolute atomic E-state index is 0.0164. The number of nitro groups is 2. The molecule has 1 fully saturated rings. The van der Waals surface area contributed by atoms with Crippen LogP contribution in [0.2, 0.25) is 0 Å². The summed E-state index contributed by atoms with van der Waals surface area (Å²) < 4.78 is 26.8. The van der Waals surface area contributed by atoms with Gasteiger partial charge in [0, 0.05) is 63.2 Å². The Labute approximate surface area is 186 Å². The maximum Gasteiger partial charge on any atom is 0.293 e. The Morgan fingerprint density at radius 3 is 1.94 bits per heavy atom. The zero-order valence-corrected chi connectivity index (χ0v) is 18.7. The molecule has 0 saturated carbocycles. The topological polar surface area (TPSA) is 130 Å². The first-order chi connectivity index (χ1) is 15.2. The summed E-state index contributed by atoms with van der Waals surface area (Å²) in [5, 5.41) is 22.6. The highest BCUT2D eigenvalue weighted by molar-refractivity contribution is 7.89. The lowest BCUT2D eigenvalue weighted by Gasteiger charge is -2.37. The second kappa shape index (κ2) is 9.49. The van der Waals surface area contributed by atoms with E-state index in [9.17, 15) is 28.6 Å².